The summed E-state index contributed by atoms with van der Waals surface area (Å²) >= 11 is 13.9. The van der Waals surface area contributed by atoms with Gasteiger partial charge in [-0.15, -0.1) is 35.3 Å². The highest BCUT2D eigenvalue weighted by Crippen LogP contribution is 2.26. The number of nitrogens with two attached hydrogens (primary N) is 1. The number of hydrogen-bond donors (Lipinski definition) is 2. The van der Waals surface area contributed by atoms with Crippen molar-refractivity contribution in [2.24, 2.45) is 10.7 Å². The SMILES string of the molecule is CC(NC(N)=NCCc1csc(N2CCCC2)n1)c1ccc(Cl)cc1Cl.I. The first-order chi connectivity index (χ1) is 12.5. The fourth-order valence-electron chi connectivity index (χ4n) is 2.95. The third-order valence-electron chi connectivity index (χ3n) is 4.36. The van der Waals surface area contributed by atoms with Crippen LogP contribution in [0.1, 0.15) is 37.1 Å². The molecule has 0 bridgehead atoms. The minimum absolute atomic E-state index is 0. The highest BCUT2D eigenvalue weighted by atomic mass is 127. The molecule has 2 aromatic rings. The fourth-order valence-corrected chi connectivity index (χ4v) is 4.44. The lowest BCUT2D eigenvalue weighted by Crippen LogP contribution is -2.34. The highest BCUT2D eigenvalue weighted by Gasteiger charge is 2.15. The van der Waals surface area contributed by atoms with Crippen LogP contribution < -0.4 is 16.0 Å². The van der Waals surface area contributed by atoms with Crippen molar-refractivity contribution in [2.75, 3.05) is 24.5 Å². The molecule has 1 aromatic heterocycles. The van der Waals surface area contributed by atoms with Crippen LogP contribution in [0, 0.1) is 0 Å². The van der Waals surface area contributed by atoms with E-state index in [1.807, 2.05) is 19.1 Å². The molecule has 5 nitrogen and oxygen atoms in total. The second-order valence-corrected chi connectivity index (χ2v) is 8.04. The second kappa shape index (κ2) is 10.7. The molecule has 1 atom stereocenters. The predicted molar refractivity (Wildman–Crippen MR) is 127 cm³/mol. The molecule has 3 N–H and O–H groups in total. The van der Waals surface area contributed by atoms with Gasteiger partial charge in [0.2, 0.25) is 0 Å². The minimum atomic E-state index is -0.0513. The number of hydrogen-bond acceptors (Lipinski definition) is 4. The van der Waals surface area contributed by atoms with Gasteiger partial charge in [-0.1, -0.05) is 29.3 Å². The van der Waals surface area contributed by atoms with Crippen LogP contribution in [0.5, 0.6) is 0 Å². The Morgan fingerprint density at radius 3 is 2.81 bits per heavy atom. The van der Waals surface area contributed by atoms with Gasteiger partial charge >= 0.3 is 0 Å². The van der Waals surface area contributed by atoms with Crippen molar-refractivity contribution in [3.63, 3.8) is 0 Å². The average molecular weight is 540 g/mol. The van der Waals surface area contributed by atoms with E-state index in [9.17, 15) is 0 Å². The van der Waals surface area contributed by atoms with E-state index in [0.717, 1.165) is 35.9 Å². The Labute approximate surface area is 191 Å². The lowest BCUT2D eigenvalue weighted by Gasteiger charge is -2.16. The minimum Gasteiger partial charge on any atom is -0.370 e. The van der Waals surface area contributed by atoms with Crippen LogP contribution in [0.3, 0.4) is 0 Å². The van der Waals surface area contributed by atoms with Gasteiger partial charge in [-0.25, -0.2) is 4.98 Å². The number of guanidine groups is 1. The van der Waals surface area contributed by atoms with Gasteiger partial charge in [0.15, 0.2) is 11.1 Å². The summed E-state index contributed by atoms with van der Waals surface area (Å²) < 4.78 is 0. The summed E-state index contributed by atoms with van der Waals surface area (Å²) in [5.74, 6) is 0.401. The predicted octanol–water partition coefficient (Wildman–Crippen LogP) is 4.88. The van der Waals surface area contributed by atoms with Gasteiger partial charge in [0, 0.05) is 41.5 Å². The average Bonchev–Trinajstić information content (AvgIpc) is 3.25. The van der Waals surface area contributed by atoms with E-state index in [1.54, 1.807) is 17.4 Å². The topological polar surface area (TPSA) is 66.5 Å². The maximum Gasteiger partial charge on any atom is 0.189 e. The van der Waals surface area contributed by atoms with Crippen LogP contribution in [0.4, 0.5) is 5.13 Å². The van der Waals surface area contributed by atoms with Crippen molar-refractivity contribution in [2.45, 2.75) is 32.2 Å². The van der Waals surface area contributed by atoms with Gasteiger partial charge in [-0.2, -0.15) is 0 Å². The molecule has 1 aliphatic rings. The van der Waals surface area contributed by atoms with Crippen molar-refractivity contribution in [1.82, 2.24) is 10.3 Å². The Balaban J connectivity index is 0.00000261. The van der Waals surface area contributed by atoms with Gasteiger partial charge in [0.1, 0.15) is 0 Å². The molecule has 0 aliphatic carbocycles. The summed E-state index contributed by atoms with van der Waals surface area (Å²) in [4.78, 5) is 11.5. The molecule has 1 unspecified atom stereocenters. The molecule has 1 fully saturated rings. The molecule has 0 radical (unpaired) electrons. The van der Waals surface area contributed by atoms with E-state index in [4.69, 9.17) is 33.9 Å². The zero-order valence-electron chi connectivity index (χ0n) is 15.1. The van der Waals surface area contributed by atoms with Crippen LogP contribution in [-0.2, 0) is 6.42 Å². The number of rotatable bonds is 6. The van der Waals surface area contributed by atoms with E-state index in [2.05, 4.69) is 20.6 Å². The van der Waals surface area contributed by atoms with Gasteiger partial charge in [0.05, 0.1) is 11.7 Å². The summed E-state index contributed by atoms with van der Waals surface area (Å²) in [5.41, 5.74) is 8.01. The molecule has 0 saturated carbocycles. The summed E-state index contributed by atoms with van der Waals surface area (Å²) in [5, 5.41) is 7.63. The first-order valence-corrected chi connectivity index (χ1v) is 10.4. The third-order valence-corrected chi connectivity index (χ3v) is 5.87. The molecule has 27 heavy (non-hydrogen) atoms. The first kappa shape index (κ1) is 22.5. The summed E-state index contributed by atoms with van der Waals surface area (Å²) in [6.07, 6.45) is 3.30. The van der Waals surface area contributed by atoms with Gasteiger partial charge in [0.25, 0.3) is 0 Å². The Bertz CT molecular complexity index is 777. The second-order valence-electron chi connectivity index (χ2n) is 6.36. The number of anilines is 1. The van der Waals surface area contributed by atoms with E-state index < -0.39 is 0 Å². The normalized spacial score (nSPS) is 15.5. The fraction of sp³-hybridized carbons (Fsp3) is 0.444. The maximum atomic E-state index is 6.23. The van der Waals surface area contributed by atoms with Crippen LogP contribution >= 0.6 is 58.5 Å². The van der Waals surface area contributed by atoms with E-state index in [-0.39, 0.29) is 30.0 Å². The standard InChI is InChI=1S/C18H23Cl2N5S.HI/c1-12(15-5-4-13(19)10-16(15)20)23-17(21)22-7-6-14-11-26-18(24-14)25-8-2-3-9-25;/h4-5,10-12H,2-3,6-9H2,1H3,(H3,21,22,23);1H. The third kappa shape index (κ3) is 6.37. The molecule has 2 heterocycles. The Kier molecular flexibility index (Phi) is 8.91. The molecular weight excluding hydrogens is 516 g/mol. The number of halogens is 3. The lowest BCUT2D eigenvalue weighted by atomic mass is 10.1. The zero-order chi connectivity index (χ0) is 18.5. The Morgan fingerprint density at radius 2 is 2.11 bits per heavy atom. The van der Waals surface area contributed by atoms with Crippen LogP contribution in [0.2, 0.25) is 10.0 Å². The highest BCUT2D eigenvalue weighted by molar-refractivity contribution is 14.0. The number of aliphatic imine (C=N–C) groups is 1. The summed E-state index contributed by atoms with van der Waals surface area (Å²) in [6, 6.07) is 5.38. The summed E-state index contributed by atoms with van der Waals surface area (Å²) in [7, 11) is 0. The Hall–Kier alpha value is -0.770. The zero-order valence-corrected chi connectivity index (χ0v) is 19.8. The molecule has 1 aliphatic heterocycles. The number of benzene rings is 1. The molecule has 0 spiro atoms. The first-order valence-electron chi connectivity index (χ1n) is 8.73. The molecule has 9 heteroatoms. The molecular formula is C18H24Cl2IN5S. The number of nitrogens with one attached hydrogen (secondary N) is 1. The Morgan fingerprint density at radius 1 is 1.37 bits per heavy atom. The van der Waals surface area contributed by atoms with Crippen molar-refractivity contribution in [3.8, 4) is 0 Å². The van der Waals surface area contributed by atoms with Gasteiger partial charge in [-0.05, 0) is 37.5 Å². The smallest absolute Gasteiger partial charge is 0.189 e. The summed E-state index contributed by atoms with van der Waals surface area (Å²) in [6.45, 7) is 4.82. The quantitative estimate of drug-likeness (QED) is 0.312. The van der Waals surface area contributed by atoms with Crippen LogP contribution in [-0.4, -0.2) is 30.6 Å². The van der Waals surface area contributed by atoms with Gasteiger partial charge in [-0.3, -0.25) is 4.99 Å². The molecule has 0 amide bonds. The van der Waals surface area contributed by atoms with E-state index in [0.29, 0.717) is 22.5 Å². The van der Waals surface area contributed by atoms with Crippen molar-refractivity contribution >= 4 is 69.6 Å². The van der Waals surface area contributed by atoms with Crippen molar-refractivity contribution < 1.29 is 0 Å². The van der Waals surface area contributed by atoms with E-state index >= 15 is 0 Å². The van der Waals surface area contributed by atoms with Crippen LogP contribution in [0.25, 0.3) is 0 Å². The molecule has 1 aromatic carbocycles. The molecule has 148 valence electrons. The monoisotopic (exact) mass is 539 g/mol. The largest absolute Gasteiger partial charge is 0.370 e. The van der Waals surface area contributed by atoms with Crippen molar-refractivity contribution in [3.05, 3.63) is 44.9 Å². The molecule has 3 rings (SSSR count). The number of aromatic nitrogens is 1. The molecule has 1 saturated heterocycles. The maximum absolute atomic E-state index is 6.23. The van der Waals surface area contributed by atoms with E-state index in [1.165, 1.54) is 12.8 Å². The number of nitrogens with zero attached hydrogens (tertiary/aromatic N) is 3. The number of thiazole rings is 1. The van der Waals surface area contributed by atoms with Crippen LogP contribution in [0.15, 0.2) is 28.6 Å². The lowest BCUT2D eigenvalue weighted by molar-refractivity contribution is 0.707. The van der Waals surface area contributed by atoms with Crippen molar-refractivity contribution in [1.29, 1.82) is 0 Å². The van der Waals surface area contributed by atoms with Gasteiger partial charge < -0.3 is 16.0 Å².